The average Bonchev–Trinajstić information content (AvgIpc) is 2.81. The minimum Gasteiger partial charge on any atom is -0.385 e. The van der Waals surface area contributed by atoms with Gasteiger partial charge in [-0.3, -0.25) is 0 Å². The summed E-state index contributed by atoms with van der Waals surface area (Å²) < 4.78 is 5.07. The molecule has 2 N–H and O–H groups in total. The molecule has 0 fully saturated rings. The fourth-order valence-electron chi connectivity index (χ4n) is 1.90. The lowest BCUT2D eigenvalue weighted by Gasteiger charge is -2.13. The van der Waals surface area contributed by atoms with Gasteiger partial charge in [-0.05, 0) is 42.5 Å². The lowest BCUT2D eigenvalue weighted by molar-refractivity contribution is 0.184. The summed E-state index contributed by atoms with van der Waals surface area (Å²) in [6, 6.07) is 9.10. The number of ether oxygens (including phenoxy) is 1. The molecule has 0 saturated carbocycles. The van der Waals surface area contributed by atoms with Gasteiger partial charge in [-0.15, -0.1) is 0 Å². The predicted octanol–water partition coefficient (Wildman–Crippen LogP) is 2.68. The van der Waals surface area contributed by atoms with Gasteiger partial charge in [0.05, 0.1) is 0 Å². The van der Waals surface area contributed by atoms with Crippen LogP contribution in [0, 0.1) is 0 Å². The largest absolute Gasteiger partial charge is 0.385 e. The van der Waals surface area contributed by atoms with E-state index in [4.69, 9.17) is 4.74 Å². The number of aromatic amines is 1. The van der Waals surface area contributed by atoms with Gasteiger partial charge in [0, 0.05) is 38.0 Å². The van der Waals surface area contributed by atoms with Crippen LogP contribution < -0.4 is 5.32 Å². The minimum atomic E-state index is 0.483. The van der Waals surface area contributed by atoms with Gasteiger partial charge in [-0.1, -0.05) is 6.07 Å². The number of benzene rings is 1. The molecule has 2 aromatic rings. The van der Waals surface area contributed by atoms with Crippen molar-refractivity contribution < 1.29 is 4.74 Å². The zero-order chi connectivity index (χ0) is 12.1. The standard InChI is InChI=1S/C14H20N2O/c1-11(6-8-17-2)16-10-12-3-4-14-13(9-12)5-7-15-14/h3-5,7,9,11,15-16H,6,8,10H2,1-2H3. The molecule has 0 aliphatic heterocycles. The molecule has 1 unspecified atom stereocenters. The fourth-order valence-corrected chi connectivity index (χ4v) is 1.90. The second-order valence-corrected chi connectivity index (χ2v) is 4.46. The van der Waals surface area contributed by atoms with Crippen molar-refractivity contribution in [2.24, 2.45) is 0 Å². The number of H-pyrrole nitrogens is 1. The Hall–Kier alpha value is -1.32. The number of hydrogen-bond acceptors (Lipinski definition) is 2. The average molecular weight is 232 g/mol. The third-order valence-corrected chi connectivity index (χ3v) is 3.03. The van der Waals surface area contributed by atoms with E-state index < -0.39 is 0 Å². The van der Waals surface area contributed by atoms with E-state index in [0.717, 1.165) is 19.6 Å². The fraction of sp³-hybridized carbons (Fsp3) is 0.429. The van der Waals surface area contributed by atoms with Crippen LogP contribution in [-0.2, 0) is 11.3 Å². The number of nitrogens with one attached hydrogen (secondary N) is 2. The van der Waals surface area contributed by atoms with Crippen LogP contribution in [0.25, 0.3) is 10.9 Å². The van der Waals surface area contributed by atoms with Crippen molar-refractivity contribution in [1.82, 2.24) is 10.3 Å². The monoisotopic (exact) mass is 232 g/mol. The molecule has 0 aliphatic carbocycles. The molecule has 0 saturated heterocycles. The van der Waals surface area contributed by atoms with Gasteiger partial charge in [0.1, 0.15) is 0 Å². The van der Waals surface area contributed by atoms with E-state index >= 15 is 0 Å². The van der Waals surface area contributed by atoms with Crippen LogP contribution >= 0.6 is 0 Å². The minimum absolute atomic E-state index is 0.483. The van der Waals surface area contributed by atoms with Crippen LogP contribution in [0.2, 0.25) is 0 Å². The SMILES string of the molecule is COCCC(C)NCc1ccc2[nH]ccc2c1. The predicted molar refractivity (Wildman–Crippen MR) is 71.1 cm³/mol. The molecule has 0 spiro atoms. The first-order chi connectivity index (χ1) is 8.29. The van der Waals surface area contributed by atoms with Crippen molar-refractivity contribution in [2.75, 3.05) is 13.7 Å². The van der Waals surface area contributed by atoms with E-state index in [1.54, 1.807) is 7.11 Å². The number of methoxy groups -OCH3 is 1. The summed E-state index contributed by atoms with van der Waals surface area (Å²) >= 11 is 0. The Morgan fingerprint density at radius 2 is 2.24 bits per heavy atom. The first-order valence-electron chi connectivity index (χ1n) is 6.08. The van der Waals surface area contributed by atoms with Gasteiger partial charge in [0.2, 0.25) is 0 Å². The molecule has 0 aliphatic rings. The van der Waals surface area contributed by atoms with Crippen LogP contribution in [-0.4, -0.2) is 24.7 Å². The highest BCUT2D eigenvalue weighted by atomic mass is 16.5. The van der Waals surface area contributed by atoms with E-state index in [2.05, 4.69) is 41.5 Å². The Kier molecular flexibility index (Phi) is 4.18. The Morgan fingerprint density at radius 1 is 1.35 bits per heavy atom. The van der Waals surface area contributed by atoms with E-state index in [-0.39, 0.29) is 0 Å². The summed E-state index contributed by atoms with van der Waals surface area (Å²) in [6.45, 7) is 3.91. The third kappa shape index (κ3) is 3.32. The number of aromatic nitrogens is 1. The normalized spacial score (nSPS) is 13.1. The summed E-state index contributed by atoms with van der Waals surface area (Å²) in [5.41, 5.74) is 2.52. The van der Waals surface area contributed by atoms with Crippen molar-refractivity contribution in [2.45, 2.75) is 25.9 Å². The van der Waals surface area contributed by atoms with Crippen molar-refractivity contribution in [1.29, 1.82) is 0 Å². The molecule has 1 aromatic heterocycles. The van der Waals surface area contributed by atoms with Gasteiger partial charge in [-0.2, -0.15) is 0 Å². The molecule has 1 atom stereocenters. The van der Waals surface area contributed by atoms with Crippen molar-refractivity contribution in [3.05, 3.63) is 36.0 Å². The second-order valence-electron chi connectivity index (χ2n) is 4.46. The zero-order valence-electron chi connectivity index (χ0n) is 10.5. The van der Waals surface area contributed by atoms with Crippen LogP contribution in [0.3, 0.4) is 0 Å². The van der Waals surface area contributed by atoms with E-state index in [9.17, 15) is 0 Å². The lowest BCUT2D eigenvalue weighted by atomic mass is 10.1. The number of hydrogen-bond donors (Lipinski definition) is 2. The molecule has 3 heteroatoms. The maximum absolute atomic E-state index is 5.07. The Balaban J connectivity index is 1.89. The molecule has 17 heavy (non-hydrogen) atoms. The molecule has 0 bridgehead atoms. The molecule has 0 radical (unpaired) electrons. The van der Waals surface area contributed by atoms with Gasteiger partial charge >= 0.3 is 0 Å². The smallest absolute Gasteiger partial charge is 0.0476 e. The lowest BCUT2D eigenvalue weighted by Crippen LogP contribution is -2.26. The third-order valence-electron chi connectivity index (χ3n) is 3.03. The molecule has 92 valence electrons. The maximum atomic E-state index is 5.07. The number of fused-ring (bicyclic) bond motifs is 1. The van der Waals surface area contributed by atoms with E-state index in [1.165, 1.54) is 16.5 Å². The molecular weight excluding hydrogens is 212 g/mol. The van der Waals surface area contributed by atoms with Gasteiger partial charge < -0.3 is 15.0 Å². The van der Waals surface area contributed by atoms with Crippen LogP contribution in [0.15, 0.2) is 30.5 Å². The summed E-state index contributed by atoms with van der Waals surface area (Å²) in [5.74, 6) is 0. The second kappa shape index (κ2) is 5.84. The quantitative estimate of drug-likeness (QED) is 0.803. The summed E-state index contributed by atoms with van der Waals surface area (Å²) in [6.07, 6.45) is 3.02. The molecule has 1 heterocycles. The maximum Gasteiger partial charge on any atom is 0.0476 e. The van der Waals surface area contributed by atoms with Crippen molar-refractivity contribution >= 4 is 10.9 Å². The Morgan fingerprint density at radius 3 is 3.06 bits per heavy atom. The highest BCUT2D eigenvalue weighted by molar-refractivity contribution is 5.79. The van der Waals surface area contributed by atoms with Crippen LogP contribution in [0.1, 0.15) is 18.9 Å². The Bertz CT molecular complexity index is 464. The molecule has 2 rings (SSSR count). The first-order valence-corrected chi connectivity index (χ1v) is 6.08. The Labute approximate surface area is 102 Å². The molecule has 3 nitrogen and oxygen atoms in total. The van der Waals surface area contributed by atoms with Gasteiger partial charge in [-0.25, -0.2) is 0 Å². The van der Waals surface area contributed by atoms with Crippen LogP contribution in [0.5, 0.6) is 0 Å². The zero-order valence-corrected chi connectivity index (χ0v) is 10.5. The first kappa shape index (κ1) is 12.1. The molecule has 1 aromatic carbocycles. The summed E-state index contributed by atoms with van der Waals surface area (Å²) in [5, 5.41) is 4.77. The highest BCUT2D eigenvalue weighted by Gasteiger charge is 2.02. The van der Waals surface area contributed by atoms with Crippen LogP contribution in [0.4, 0.5) is 0 Å². The summed E-state index contributed by atoms with van der Waals surface area (Å²) in [4.78, 5) is 3.20. The van der Waals surface area contributed by atoms with E-state index in [0.29, 0.717) is 6.04 Å². The highest BCUT2D eigenvalue weighted by Crippen LogP contribution is 2.14. The van der Waals surface area contributed by atoms with Gasteiger partial charge in [0.15, 0.2) is 0 Å². The van der Waals surface area contributed by atoms with Crippen molar-refractivity contribution in [3.63, 3.8) is 0 Å². The molecular formula is C14H20N2O. The van der Waals surface area contributed by atoms with Gasteiger partial charge in [0.25, 0.3) is 0 Å². The summed E-state index contributed by atoms with van der Waals surface area (Å²) in [7, 11) is 1.74. The number of rotatable bonds is 6. The van der Waals surface area contributed by atoms with E-state index in [1.807, 2.05) is 6.20 Å². The molecule has 0 amide bonds. The topological polar surface area (TPSA) is 37.0 Å². The van der Waals surface area contributed by atoms with Crippen molar-refractivity contribution in [3.8, 4) is 0 Å².